The number of carbonyl (C=O) groups excluding carboxylic acids is 1. The molecule has 0 fully saturated rings. The minimum Gasteiger partial charge on any atom is -0.548 e. The summed E-state index contributed by atoms with van der Waals surface area (Å²) in [6.45, 7) is 3.50. The summed E-state index contributed by atoms with van der Waals surface area (Å²) in [5.41, 5.74) is 0. The summed E-state index contributed by atoms with van der Waals surface area (Å²) in [5.74, 6) is -1.41. The number of carboxylic acids is 1. The average Bonchev–Trinajstić information content (AvgIpc) is 2.47. The van der Waals surface area contributed by atoms with Gasteiger partial charge in [0.25, 0.3) is 0 Å². The van der Waals surface area contributed by atoms with E-state index in [-0.39, 0.29) is 35.3 Å². The van der Waals surface area contributed by atoms with Crippen LogP contribution in [0.4, 0.5) is 0 Å². The molecule has 5 nitrogen and oxygen atoms in total. The van der Waals surface area contributed by atoms with Crippen LogP contribution in [0.3, 0.4) is 0 Å². The number of aliphatic carboxylic acids is 1. The van der Waals surface area contributed by atoms with Crippen molar-refractivity contribution in [2.45, 2.75) is 96.9 Å². The van der Waals surface area contributed by atoms with Gasteiger partial charge in [-0.25, -0.2) is 13.1 Å². The van der Waals surface area contributed by atoms with Crippen LogP contribution in [0.25, 0.3) is 0 Å². The quantitative estimate of drug-likeness (QED) is 0.299. The maximum absolute atomic E-state index is 11.6. The molecule has 0 saturated heterocycles. The van der Waals surface area contributed by atoms with Crippen molar-refractivity contribution < 1.29 is 47.9 Å². The van der Waals surface area contributed by atoms with Gasteiger partial charge >= 0.3 is 29.6 Å². The molecule has 0 rings (SSSR count). The van der Waals surface area contributed by atoms with Crippen molar-refractivity contribution in [3.8, 4) is 0 Å². The number of sulfonamides is 1. The minimum atomic E-state index is -3.51. The molecule has 0 bridgehead atoms. The van der Waals surface area contributed by atoms with Gasteiger partial charge in [0.1, 0.15) is 0 Å². The number of hydrogen-bond acceptors (Lipinski definition) is 4. The summed E-state index contributed by atoms with van der Waals surface area (Å²) < 4.78 is 25.4. The van der Waals surface area contributed by atoms with Crippen LogP contribution < -0.4 is 39.4 Å². The summed E-state index contributed by atoms with van der Waals surface area (Å²) in [7, 11) is -3.51. The van der Waals surface area contributed by atoms with Gasteiger partial charge in [-0.05, 0) is 13.3 Å². The summed E-state index contributed by atoms with van der Waals surface area (Å²) in [4.78, 5) is 10.5. The Morgan fingerprint density at radius 3 is 1.62 bits per heavy atom. The zero-order valence-corrected chi connectivity index (χ0v) is 18.6. The van der Waals surface area contributed by atoms with E-state index in [1.807, 2.05) is 0 Å². The zero-order chi connectivity index (χ0) is 17.6. The third-order valence-electron chi connectivity index (χ3n) is 3.98. The Hall–Kier alpha value is 0.380. The molecule has 0 heterocycles. The van der Waals surface area contributed by atoms with Crippen LogP contribution in [0.5, 0.6) is 0 Å². The maximum Gasteiger partial charge on any atom is 1.00 e. The first kappa shape index (κ1) is 26.6. The monoisotopic (exact) mass is 371 g/mol. The van der Waals surface area contributed by atoms with E-state index >= 15 is 0 Å². The van der Waals surface area contributed by atoms with Crippen LogP contribution >= 0.6 is 0 Å². The van der Waals surface area contributed by atoms with Gasteiger partial charge in [-0.1, -0.05) is 77.6 Å². The minimum absolute atomic E-state index is 0. The van der Waals surface area contributed by atoms with E-state index < -0.39 is 22.0 Å². The largest absolute Gasteiger partial charge is 1.00 e. The SMILES string of the molecule is CCCCCCCCCCCCCCS(=O)(=O)NC(C)C(=O)[O-].[Na+]. The molecule has 0 spiro atoms. The average molecular weight is 372 g/mol. The molecule has 0 aromatic carbocycles. The van der Waals surface area contributed by atoms with E-state index in [1.54, 1.807) is 0 Å². The van der Waals surface area contributed by atoms with E-state index in [9.17, 15) is 18.3 Å². The summed E-state index contributed by atoms with van der Waals surface area (Å²) >= 11 is 0. The molecule has 0 amide bonds. The first-order valence-electron chi connectivity index (χ1n) is 9.10. The fraction of sp³-hybridized carbons (Fsp3) is 0.941. The summed E-state index contributed by atoms with van der Waals surface area (Å²) in [6.07, 6.45) is 14.1. The predicted octanol–water partition coefficient (Wildman–Crippen LogP) is -0.251. The van der Waals surface area contributed by atoms with E-state index in [2.05, 4.69) is 11.6 Å². The van der Waals surface area contributed by atoms with Crippen molar-refractivity contribution in [2.75, 3.05) is 5.75 Å². The third-order valence-corrected chi connectivity index (χ3v) is 5.52. The van der Waals surface area contributed by atoms with Gasteiger partial charge in [0.05, 0.1) is 17.8 Å². The van der Waals surface area contributed by atoms with Gasteiger partial charge in [-0.3, -0.25) is 0 Å². The topological polar surface area (TPSA) is 86.3 Å². The van der Waals surface area contributed by atoms with Gasteiger partial charge in [0.2, 0.25) is 10.0 Å². The number of hydrogen-bond donors (Lipinski definition) is 1. The van der Waals surface area contributed by atoms with E-state index in [4.69, 9.17) is 0 Å². The van der Waals surface area contributed by atoms with Crippen molar-refractivity contribution in [3.63, 3.8) is 0 Å². The molecule has 0 saturated carbocycles. The van der Waals surface area contributed by atoms with Crippen LogP contribution in [0.2, 0.25) is 0 Å². The normalized spacial score (nSPS) is 12.6. The fourth-order valence-electron chi connectivity index (χ4n) is 2.51. The van der Waals surface area contributed by atoms with Crippen molar-refractivity contribution in [1.82, 2.24) is 4.72 Å². The Morgan fingerprint density at radius 1 is 0.875 bits per heavy atom. The van der Waals surface area contributed by atoms with Crippen LogP contribution in [-0.4, -0.2) is 26.2 Å². The van der Waals surface area contributed by atoms with Crippen LogP contribution in [0.1, 0.15) is 90.9 Å². The molecular weight excluding hydrogens is 337 g/mol. The molecule has 0 aromatic rings. The van der Waals surface area contributed by atoms with Crippen molar-refractivity contribution in [3.05, 3.63) is 0 Å². The van der Waals surface area contributed by atoms with Crippen molar-refractivity contribution in [2.24, 2.45) is 0 Å². The van der Waals surface area contributed by atoms with Crippen LogP contribution in [-0.2, 0) is 14.8 Å². The van der Waals surface area contributed by atoms with Gasteiger partial charge in [0, 0.05) is 0 Å². The fourth-order valence-corrected chi connectivity index (χ4v) is 3.85. The Balaban J connectivity index is 0. The second-order valence-electron chi connectivity index (χ2n) is 6.37. The first-order chi connectivity index (χ1) is 10.9. The Morgan fingerprint density at radius 2 is 1.25 bits per heavy atom. The molecule has 0 aliphatic heterocycles. The molecule has 1 unspecified atom stereocenters. The number of unbranched alkanes of at least 4 members (excludes halogenated alkanes) is 11. The van der Waals surface area contributed by atoms with E-state index in [0.29, 0.717) is 6.42 Å². The molecule has 138 valence electrons. The number of carbonyl (C=O) groups is 1. The van der Waals surface area contributed by atoms with Crippen LogP contribution in [0.15, 0.2) is 0 Å². The number of carboxylic acid groups (broad SMARTS) is 1. The van der Waals surface area contributed by atoms with Gasteiger partial charge in [-0.15, -0.1) is 0 Å². The Kier molecular flexibility index (Phi) is 18.7. The molecular formula is C17H34NNaO4S. The molecule has 0 aliphatic rings. The molecule has 0 aromatic heterocycles. The van der Waals surface area contributed by atoms with E-state index in [1.165, 1.54) is 58.3 Å². The van der Waals surface area contributed by atoms with Crippen molar-refractivity contribution >= 4 is 16.0 Å². The summed E-state index contributed by atoms with van der Waals surface area (Å²) in [6, 6.07) is -1.17. The molecule has 0 aliphatic carbocycles. The maximum atomic E-state index is 11.6. The Bertz CT molecular complexity index is 401. The number of rotatable bonds is 16. The van der Waals surface area contributed by atoms with Crippen molar-refractivity contribution in [1.29, 1.82) is 0 Å². The van der Waals surface area contributed by atoms with Gasteiger partial charge in [-0.2, -0.15) is 0 Å². The Labute approximate surface area is 170 Å². The molecule has 7 heteroatoms. The van der Waals surface area contributed by atoms with E-state index in [0.717, 1.165) is 19.3 Å². The van der Waals surface area contributed by atoms with Gasteiger partial charge < -0.3 is 9.90 Å². The molecule has 24 heavy (non-hydrogen) atoms. The number of nitrogens with one attached hydrogen (secondary N) is 1. The standard InChI is InChI=1S/C17H35NO4S.Na/c1-3-4-5-6-7-8-9-10-11-12-13-14-15-23(21,22)18-16(2)17(19)20;/h16,18H,3-15H2,1-2H3,(H,19,20);/q;+1/p-1. The summed E-state index contributed by atoms with van der Waals surface area (Å²) in [5, 5.41) is 10.5. The third kappa shape index (κ3) is 17.2. The second kappa shape index (κ2) is 16.8. The molecule has 1 N–H and O–H groups in total. The second-order valence-corrected chi connectivity index (χ2v) is 8.24. The zero-order valence-electron chi connectivity index (χ0n) is 15.8. The first-order valence-corrected chi connectivity index (χ1v) is 10.7. The molecule has 1 atom stereocenters. The molecule has 0 radical (unpaired) electrons. The predicted molar refractivity (Wildman–Crippen MR) is 92.5 cm³/mol. The van der Waals surface area contributed by atoms with Crippen LogP contribution in [0, 0.1) is 0 Å². The van der Waals surface area contributed by atoms with Gasteiger partial charge in [0.15, 0.2) is 0 Å². The smallest absolute Gasteiger partial charge is 0.548 e.